The second kappa shape index (κ2) is 4.03. The Bertz CT molecular complexity index is 732. The van der Waals surface area contributed by atoms with E-state index in [2.05, 4.69) is 11.9 Å². The lowest BCUT2D eigenvalue weighted by atomic mass is 9.82. The Morgan fingerprint density at radius 1 is 1.39 bits per heavy atom. The summed E-state index contributed by atoms with van der Waals surface area (Å²) >= 11 is 6.97. The molecule has 2 aromatic rings. The summed E-state index contributed by atoms with van der Waals surface area (Å²) in [4.78, 5) is 17.9. The molecule has 1 aliphatic rings. The smallest absolute Gasteiger partial charge is 0.263 e. The van der Waals surface area contributed by atoms with Crippen molar-refractivity contribution in [2.24, 2.45) is 5.92 Å². The number of aromatic nitrogens is 2. The summed E-state index contributed by atoms with van der Waals surface area (Å²) in [5.41, 5.74) is 1.18. The van der Waals surface area contributed by atoms with Crippen molar-refractivity contribution in [3.05, 3.63) is 25.6 Å². The molecular weight excluding hydrogens is 264 g/mol. The molecule has 0 amide bonds. The van der Waals surface area contributed by atoms with Gasteiger partial charge in [-0.15, -0.1) is 11.3 Å². The zero-order chi connectivity index (χ0) is 13.0. The summed E-state index contributed by atoms with van der Waals surface area (Å²) in [6.45, 7) is 6.28. The van der Waals surface area contributed by atoms with Gasteiger partial charge in [-0.1, -0.05) is 6.92 Å². The van der Waals surface area contributed by atoms with Crippen LogP contribution in [0, 0.1) is 24.5 Å². The van der Waals surface area contributed by atoms with Gasteiger partial charge in [0.25, 0.3) is 5.56 Å². The number of hydrogen-bond donors (Lipinski definition) is 1. The van der Waals surface area contributed by atoms with Gasteiger partial charge in [0.2, 0.25) is 0 Å². The van der Waals surface area contributed by atoms with Crippen LogP contribution in [0.5, 0.6) is 0 Å². The number of aryl methyl sites for hydroxylation is 2. The summed E-state index contributed by atoms with van der Waals surface area (Å²) in [7, 11) is 0. The number of nitrogens with zero attached hydrogens (tertiary/aromatic N) is 1. The SMILES string of the molecule is Cc1sc2[nH]c(=S)n(C3CC(C)C3)c(=O)c2c1C. The minimum atomic E-state index is 0.0903. The van der Waals surface area contributed by atoms with Crippen molar-refractivity contribution in [3.63, 3.8) is 0 Å². The molecule has 2 heterocycles. The van der Waals surface area contributed by atoms with Gasteiger partial charge < -0.3 is 4.98 Å². The first kappa shape index (κ1) is 12.1. The number of H-pyrrole nitrogens is 1. The molecular formula is C13H16N2OS2. The van der Waals surface area contributed by atoms with Crippen LogP contribution in [0.15, 0.2) is 4.79 Å². The molecule has 2 aromatic heterocycles. The standard InChI is InChI=1S/C13H16N2OS2/c1-6-4-9(5-6)15-12(16)10-7(2)8(3)18-11(10)14-13(15)17/h6,9H,4-5H2,1-3H3,(H,14,17). The fourth-order valence-electron chi connectivity index (χ4n) is 2.74. The van der Waals surface area contributed by atoms with Crippen molar-refractivity contribution >= 4 is 33.8 Å². The van der Waals surface area contributed by atoms with Gasteiger partial charge in [0.1, 0.15) is 4.83 Å². The minimum absolute atomic E-state index is 0.0903. The Labute approximate surface area is 114 Å². The molecule has 0 unspecified atom stereocenters. The topological polar surface area (TPSA) is 37.8 Å². The highest BCUT2D eigenvalue weighted by Gasteiger charge is 2.29. The van der Waals surface area contributed by atoms with Gasteiger partial charge in [0.05, 0.1) is 5.39 Å². The lowest BCUT2D eigenvalue weighted by molar-refractivity contribution is 0.209. The molecule has 1 N–H and O–H groups in total. The molecule has 1 fully saturated rings. The Kier molecular flexibility index (Phi) is 2.71. The average Bonchev–Trinajstić information content (AvgIpc) is 2.52. The van der Waals surface area contributed by atoms with Crippen LogP contribution >= 0.6 is 23.6 Å². The molecule has 1 saturated carbocycles. The predicted octanol–water partition coefficient (Wildman–Crippen LogP) is 3.71. The third kappa shape index (κ3) is 1.61. The van der Waals surface area contributed by atoms with E-state index in [1.54, 1.807) is 15.9 Å². The van der Waals surface area contributed by atoms with Crippen LogP contribution in [0.25, 0.3) is 10.2 Å². The summed E-state index contributed by atoms with van der Waals surface area (Å²) in [6, 6.07) is 0.292. The van der Waals surface area contributed by atoms with E-state index in [-0.39, 0.29) is 5.56 Å². The molecule has 1 aliphatic carbocycles. The van der Waals surface area contributed by atoms with Crippen LogP contribution in [0.3, 0.4) is 0 Å². The van der Waals surface area contributed by atoms with E-state index < -0.39 is 0 Å². The maximum atomic E-state index is 12.6. The molecule has 3 rings (SSSR count). The van der Waals surface area contributed by atoms with Crippen molar-refractivity contribution in [2.45, 2.75) is 39.7 Å². The molecule has 0 aliphatic heterocycles. The summed E-state index contributed by atoms with van der Waals surface area (Å²) in [5.74, 6) is 0.706. The fourth-order valence-corrected chi connectivity index (χ4v) is 4.20. The second-order valence-corrected chi connectivity index (χ2v) is 6.93. The lowest BCUT2D eigenvalue weighted by Gasteiger charge is -2.33. The van der Waals surface area contributed by atoms with Gasteiger partial charge in [-0.05, 0) is 50.4 Å². The van der Waals surface area contributed by atoms with Gasteiger partial charge >= 0.3 is 0 Å². The van der Waals surface area contributed by atoms with Gasteiger partial charge in [0, 0.05) is 10.9 Å². The molecule has 0 spiro atoms. The molecule has 0 aromatic carbocycles. The predicted molar refractivity (Wildman–Crippen MR) is 78.2 cm³/mol. The Hall–Kier alpha value is -0.940. The fraction of sp³-hybridized carbons (Fsp3) is 0.538. The molecule has 3 nitrogen and oxygen atoms in total. The van der Waals surface area contributed by atoms with Crippen LogP contribution in [0.4, 0.5) is 0 Å². The first-order chi connectivity index (χ1) is 8.49. The quantitative estimate of drug-likeness (QED) is 0.809. The van der Waals surface area contributed by atoms with E-state index >= 15 is 0 Å². The van der Waals surface area contributed by atoms with E-state index in [4.69, 9.17) is 12.2 Å². The zero-order valence-corrected chi connectivity index (χ0v) is 12.4. The van der Waals surface area contributed by atoms with E-state index in [0.29, 0.717) is 16.7 Å². The summed E-state index contributed by atoms with van der Waals surface area (Å²) in [6.07, 6.45) is 2.12. The number of rotatable bonds is 1. The van der Waals surface area contributed by atoms with E-state index in [1.165, 1.54) is 4.88 Å². The van der Waals surface area contributed by atoms with Crippen LogP contribution in [-0.2, 0) is 0 Å². The molecule has 0 radical (unpaired) electrons. The first-order valence-corrected chi connectivity index (χ1v) is 7.46. The second-order valence-electron chi connectivity index (χ2n) is 5.32. The van der Waals surface area contributed by atoms with Crippen LogP contribution in [0.2, 0.25) is 0 Å². The highest BCUT2D eigenvalue weighted by atomic mass is 32.1. The maximum absolute atomic E-state index is 12.6. The van der Waals surface area contributed by atoms with Gasteiger partial charge in [-0.3, -0.25) is 9.36 Å². The van der Waals surface area contributed by atoms with Crippen LogP contribution in [-0.4, -0.2) is 9.55 Å². The van der Waals surface area contributed by atoms with Crippen molar-refractivity contribution in [2.75, 3.05) is 0 Å². The van der Waals surface area contributed by atoms with Crippen LogP contribution in [0.1, 0.15) is 36.2 Å². The number of nitrogens with one attached hydrogen (secondary N) is 1. The molecule has 18 heavy (non-hydrogen) atoms. The largest absolute Gasteiger partial charge is 0.323 e. The average molecular weight is 280 g/mol. The third-order valence-electron chi connectivity index (χ3n) is 3.97. The van der Waals surface area contributed by atoms with E-state index in [1.807, 2.05) is 13.8 Å². The van der Waals surface area contributed by atoms with Crippen molar-refractivity contribution in [1.29, 1.82) is 0 Å². The van der Waals surface area contributed by atoms with E-state index in [9.17, 15) is 4.79 Å². The van der Waals surface area contributed by atoms with Gasteiger partial charge in [0.15, 0.2) is 4.77 Å². The Balaban J connectivity index is 2.30. The summed E-state index contributed by atoms with van der Waals surface area (Å²) in [5, 5.41) is 0.825. The number of thiophene rings is 1. The van der Waals surface area contributed by atoms with E-state index in [0.717, 1.165) is 28.6 Å². The number of fused-ring (bicyclic) bond motifs is 1. The third-order valence-corrected chi connectivity index (χ3v) is 5.39. The Morgan fingerprint density at radius 2 is 2.06 bits per heavy atom. The zero-order valence-electron chi connectivity index (χ0n) is 10.7. The van der Waals surface area contributed by atoms with Crippen LogP contribution < -0.4 is 5.56 Å². The maximum Gasteiger partial charge on any atom is 0.263 e. The lowest BCUT2D eigenvalue weighted by Crippen LogP contribution is -2.34. The highest BCUT2D eigenvalue weighted by Crippen LogP contribution is 2.37. The van der Waals surface area contributed by atoms with Crippen molar-refractivity contribution in [3.8, 4) is 0 Å². The summed E-state index contributed by atoms with van der Waals surface area (Å²) < 4.78 is 2.36. The first-order valence-electron chi connectivity index (χ1n) is 6.23. The number of aromatic amines is 1. The molecule has 96 valence electrons. The van der Waals surface area contributed by atoms with Crippen molar-refractivity contribution in [1.82, 2.24) is 9.55 Å². The Morgan fingerprint density at radius 3 is 2.67 bits per heavy atom. The minimum Gasteiger partial charge on any atom is -0.323 e. The number of hydrogen-bond acceptors (Lipinski definition) is 3. The van der Waals surface area contributed by atoms with Gasteiger partial charge in [-0.25, -0.2) is 0 Å². The monoisotopic (exact) mass is 280 g/mol. The van der Waals surface area contributed by atoms with Crippen molar-refractivity contribution < 1.29 is 0 Å². The molecule has 0 bridgehead atoms. The molecule has 0 saturated heterocycles. The normalized spacial score (nSPS) is 23.3. The highest BCUT2D eigenvalue weighted by molar-refractivity contribution is 7.71. The molecule has 0 atom stereocenters. The van der Waals surface area contributed by atoms with Gasteiger partial charge in [-0.2, -0.15) is 0 Å². The molecule has 5 heteroatoms.